The van der Waals surface area contributed by atoms with Crippen LogP contribution in [0.3, 0.4) is 0 Å². The van der Waals surface area contributed by atoms with Gasteiger partial charge in [0.2, 0.25) is 0 Å². The van der Waals surface area contributed by atoms with E-state index in [0.717, 1.165) is 31.7 Å². The molecule has 102 valence electrons. The van der Waals surface area contributed by atoms with Crippen LogP contribution < -0.4 is 10.1 Å². The number of nitrogens with one attached hydrogen (secondary N) is 1. The Morgan fingerprint density at radius 2 is 2.44 bits per heavy atom. The molecule has 1 aromatic heterocycles. The van der Waals surface area contributed by atoms with Gasteiger partial charge in [0.25, 0.3) is 0 Å². The van der Waals surface area contributed by atoms with E-state index < -0.39 is 0 Å². The average Bonchev–Trinajstić information content (AvgIpc) is 2.96. The van der Waals surface area contributed by atoms with Gasteiger partial charge in [-0.05, 0) is 25.3 Å². The summed E-state index contributed by atoms with van der Waals surface area (Å²) >= 11 is 0. The van der Waals surface area contributed by atoms with Gasteiger partial charge in [0, 0.05) is 13.2 Å². The van der Waals surface area contributed by atoms with Crippen LogP contribution in [0.4, 0.5) is 0 Å². The van der Waals surface area contributed by atoms with Crippen molar-refractivity contribution in [3.63, 3.8) is 0 Å². The third-order valence-electron chi connectivity index (χ3n) is 2.81. The lowest BCUT2D eigenvalue weighted by Gasteiger charge is -2.07. The van der Waals surface area contributed by atoms with Gasteiger partial charge in [0.15, 0.2) is 0 Å². The van der Waals surface area contributed by atoms with Gasteiger partial charge in [0.1, 0.15) is 12.9 Å². The van der Waals surface area contributed by atoms with E-state index in [0.29, 0.717) is 25.1 Å². The zero-order valence-electron chi connectivity index (χ0n) is 11.1. The van der Waals surface area contributed by atoms with Crippen molar-refractivity contribution >= 4 is 0 Å². The summed E-state index contributed by atoms with van der Waals surface area (Å²) in [5.74, 6) is 0.632. The van der Waals surface area contributed by atoms with Crippen LogP contribution in [0.25, 0.3) is 0 Å². The Balaban J connectivity index is 1.68. The molecular formula is C13H22N2O3. The molecule has 1 aliphatic rings. The Labute approximate surface area is 108 Å². The third-order valence-corrected chi connectivity index (χ3v) is 2.81. The fraction of sp³-hybridized carbons (Fsp3) is 0.769. The Morgan fingerprint density at radius 3 is 3.17 bits per heavy atom. The van der Waals surface area contributed by atoms with Crippen molar-refractivity contribution in [1.29, 1.82) is 0 Å². The quantitative estimate of drug-likeness (QED) is 0.806. The molecule has 0 radical (unpaired) electrons. The van der Waals surface area contributed by atoms with Gasteiger partial charge in [-0.1, -0.05) is 13.8 Å². The molecule has 1 unspecified atom stereocenters. The molecule has 0 saturated carbocycles. The highest BCUT2D eigenvalue weighted by molar-refractivity contribution is 4.99. The minimum absolute atomic E-state index is 0.194. The van der Waals surface area contributed by atoms with E-state index in [1.54, 1.807) is 6.26 Å². The lowest BCUT2D eigenvalue weighted by Crippen LogP contribution is -2.19. The maximum atomic E-state index is 5.47. The molecule has 0 amide bonds. The van der Waals surface area contributed by atoms with E-state index in [1.165, 1.54) is 0 Å². The molecular weight excluding hydrogens is 232 g/mol. The van der Waals surface area contributed by atoms with E-state index in [9.17, 15) is 0 Å². The minimum Gasteiger partial charge on any atom is -0.447 e. The molecule has 2 heterocycles. The topological polar surface area (TPSA) is 56.5 Å². The predicted octanol–water partition coefficient (Wildman–Crippen LogP) is 1.98. The lowest BCUT2D eigenvalue weighted by atomic mass is 10.2. The molecule has 1 fully saturated rings. The minimum atomic E-state index is 0.194. The Hall–Kier alpha value is -1.07. The predicted molar refractivity (Wildman–Crippen MR) is 67.5 cm³/mol. The van der Waals surface area contributed by atoms with Crippen LogP contribution in [0, 0.1) is 5.92 Å². The summed E-state index contributed by atoms with van der Waals surface area (Å²) in [6.45, 7) is 7.39. The Morgan fingerprint density at radius 1 is 1.56 bits per heavy atom. The molecule has 5 nitrogen and oxygen atoms in total. The summed E-state index contributed by atoms with van der Waals surface area (Å²) in [5, 5.41) is 3.31. The first kappa shape index (κ1) is 13.4. The van der Waals surface area contributed by atoms with Gasteiger partial charge in [0.05, 0.1) is 11.8 Å². The van der Waals surface area contributed by atoms with Gasteiger partial charge in [-0.3, -0.25) is 0 Å². The number of rotatable bonds is 7. The van der Waals surface area contributed by atoms with Crippen molar-refractivity contribution in [2.45, 2.75) is 39.3 Å². The summed E-state index contributed by atoms with van der Waals surface area (Å²) in [7, 11) is 0. The first-order chi connectivity index (χ1) is 8.74. The number of ether oxygens (including phenoxy) is 2. The second kappa shape index (κ2) is 6.75. The molecule has 1 atom stereocenters. The van der Waals surface area contributed by atoms with E-state index in [2.05, 4.69) is 24.1 Å². The van der Waals surface area contributed by atoms with Crippen molar-refractivity contribution in [1.82, 2.24) is 10.3 Å². The zero-order chi connectivity index (χ0) is 12.8. The second-order valence-corrected chi connectivity index (χ2v) is 5.08. The number of oxazole rings is 1. The summed E-state index contributed by atoms with van der Waals surface area (Å²) < 4.78 is 16.2. The number of hydrogen-bond donors (Lipinski definition) is 1. The van der Waals surface area contributed by atoms with Crippen molar-refractivity contribution in [2.75, 3.05) is 19.8 Å². The highest BCUT2D eigenvalue weighted by Gasteiger charge is 2.17. The fourth-order valence-electron chi connectivity index (χ4n) is 1.86. The number of hydrogen-bond acceptors (Lipinski definition) is 5. The van der Waals surface area contributed by atoms with Crippen LogP contribution in [0.15, 0.2) is 10.7 Å². The van der Waals surface area contributed by atoms with Crippen LogP contribution in [-0.2, 0) is 11.3 Å². The summed E-state index contributed by atoms with van der Waals surface area (Å²) in [5.41, 5.74) is 0.873. The van der Waals surface area contributed by atoms with Gasteiger partial charge < -0.3 is 19.2 Å². The third kappa shape index (κ3) is 4.31. The number of aromatic nitrogens is 1. The van der Waals surface area contributed by atoms with Gasteiger partial charge in [-0.15, -0.1) is 0 Å². The van der Waals surface area contributed by atoms with Gasteiger partial charge in [-0.2, -0.15) is 4.98 Å². The van der Waals surface area contributed by atoms with E-state index >= 15 is 0 Å². The summed E-state index contributed by atoms with van der Waals surface area (Å²) in [6.07, 6.45) is 4.34. The lowest BCUT2D eigenvalue weighted by molar-refractivity contribution is 0.0565. The van der Waals surface area contributed by atoms with E-state index in [4.69, 9.17) is 13.9 Å². The molecule has 1 N–H and O–H groups in total. The fourth-order valence-corrected chi connectivity index (χ4v) is 1.86. The second-order valence-electron chi connectivity index (χ2n) is 5.08. The van der Waals surface area contributed by atoms with Crippen LogP contribution >= 0.6 is 0 Å². The summed E-state index contributed by atoms with van der Waals surface area (Å²) in [4.78, 5) is 4.26. The molecule has 2 rings (SSSR count). The maximum absolute atomic E-state index is 5.47. The largest absolute Gasteiger partial charge is 0.447 e. The zero-order valence-corrected chi connectivity index (χ0v) is 11.1. The standard InChI is InChI=1S/C13H22N2O3/c1-10(2)6-14-7-11-8-17-13(15-11)18-9-12-4-3-5-16-12/h8,10,12,14H,3-7,9H2,1-2H3. The highest BCUT2D eigenvalue weighted by Crippen LogP contribution is 2.15. The normalized spacial score (nSPS) is 19.6. The highest BCUT2D eigenvalue weighted by atomic mass is 16.6. The molecule has 1 aromatic rings. The first-order valence-corrected chi connectivity index (χ1v) is 6.63. The van der Waals surface area contributed by atoms with Crippen LogP contribution in [-0.4, -0.2) is 30.8 Å². The van der Waals surface area contributed by atoms with E-state index in [-0.39, 0.29) is 6.10 Å². The number of nitrogens with zero attached hydrogens (tertiary/aromatic N) is 1. The van der Waals surface area contributed by atoms with Crippen LogP contribution in [0.5, 0.6) is 6.08 Å². The molecule has 0 aromatic carbocycles. The molecule has 18 heavy (non-hydrogen) atoms. The molecule has 0 spiro atoms. The molecule has 1 saturated heterocycles. The van der Waals surface area contributed by atoms with Crippen molar-refractivity contribution in [2.24, 2.45) is 5.92 Å². The molecule has 0 aliphatic carbocycles. The average molecular weight is 254 g/mol. The van der Waals surface area contributed by atoms with Crippen molar-refractivity contribution in [3.05, 3.63) is 12.0 Å². The molecule has 5 heteroatoms. The Kier molecular flexibility index (Phi) is 5.01. The first-order valence-electron chi connectivity index (χ1n) is 6.63. The SMILES string of the molecule is CC(C)CNCc1coc(OCC2CCCO2)n1. The maximum Gasteiger partial charge on any atom is 0.393 e. The van der Waals surface area contributed by atoms with Crippen LogP contribution in [0.2, 0.25) is 0 Å². The molecule has 1 aliphatic heterocycles. The van der Waals surface area contributed by atoms with Gasteiger partial charge >= 0.3 is 6.08 Å². The Bertz CT molecular complexity index is 346. The monoisotopic (exact) mass is 254 g/mol. The van der Waals surface area contributed by atoms with Crippen molar-refractivity contribution < 1.29 is 13.9 Å². The van der Waals surface area contributed by atoms with E-state index in [1.807, 2.05) is 0 Å². The van der Waals surface area contributed by atoms with Crippen molar-refractivity contribution in [3.8, 4) is 6.08 Å². The van der Waals surface area contributed by atoms with Crippen LogP contribution in [0.1, 0.15) is 32.4 Å². The van der Waals surface area contributed by atoms with Gasteiger partial charge in [-0.25, -0.2) is 0 Å². The summed E-state index contributed by atoms with van der Waals surface area (Å²) in [6, 6.07) is 0. The molecule has 0 bridgehead atoms. The smallest absolute Gasteiger partial charge is 0.393 e.